The Labute approximate surface area is 158 Å². The lowest BCUT2D eigenvalue weighted by molar-refractivity contribution is -0.140. The lowest BCUT2D eigenvalue weighted by Crippen LogP contribution is -2.25. The van der Waals surface area contributed by atoms with Crippen LogP contribution in [0.1, 0.15) is 84.5 Å². The molecule has 0 atom stereocenters. The molecule has 4 heteroatoms. The Kier molecular flexibility index (Phi) is 9.51. The number of carbonyl (C=O) groups is 1. The predicted octanol–water partition coefficient (Wildman–Crippen LogP) is 5.94. The van der Waals surface area contributed by atoms with Gasteiger partial charge in [0.15, 0.2) is 0 Å². The monoisotopic (exact) mass is 361 g/mol. The summed E-state index contributed by atoms with van der Waals surface area (Å²) in [6.07, 6.45) is 14.6. The predicted molar refractivity (Wildman–Crippen MR) is 104 cm³/mol. The zero-order valence-electron chi connectivity index (χ0n) is 16.5. The number of unbranched alkanes of at least 4 members (excludes halogenated alkanes) is 4. The molecule has 1 saturated carbocycles. The van der Waals surface area contributed by atoms with Crippen LogP contribution in [-0.2, 0) is 4.79 Å². The molecule has 0 N–H and O–H groups in total. The highest BCUT2D eigenvalue weighted by molar-refractivity contribution is 5.75. The maximum absolute atomic E-state index is 12.4. The summed E-state index contributed by atoms with van der Waals surface area (Å²) in [6, 6.07) is 3.54. The Bertz CT molecular complexity index is 507. The fourth-order valence-electron chi connectivity index (χ4n) is 3.58. The van der Waals surface area contributed by atoms with E-state index in [1.807, 2.05) is 0 Å². The van der Waals surface area contributed by atoms with Crippen molar-refractivity contribution in [2.75, 3.05) is 6.61 Å². The normalized spacial score (nSPS) is 19.9. The molecule has 4 nitrogen and oxygen atoms in total. The molecule has 0 amide bonds. The van der Waals surface area contributed by atoms with Gasteiger partial charge in [0.1, 0.15) is 5.75 Å². The number of carbonyl (C=O) groups excluding carboxylic acids is 1. The van der Waals surface area contributed by atoms with E-state index in [0.717, 1.165) is 44.4 Å². The van der Waals surface area contributed by atoms with Crippen LogP contribution in [0, 0.1) is 11.8 Å². The summed E-state index contributed by atoms with van der Waals surface area (Å²) in [4.78, 5) is 16.6. The maximum Gasteiger partial charge on any atom is 0.314 e. The molecular formula is C22H35NO3. The first-order valence-electron chi connectivity index (χ1n) is 10.5. The number of ether oxygens (including phenoxy) is 2. The fourth-order valence-corrected chi connectivity index (χ4v) is 3.58. The van der Waals surface area contributed by atoms with Gasteiger partial charge in [0, 0.05) is 6.07 Å². The number of hydrogen-bond acceptors (Lipinski definition) is 4. The van der Waals surface area contributed by atoms with E-state index >= 15 is 0 Å². The molecular weight excluding hydrogens is 326 g/mol. The van der Waals surface area contributed by atoms with E-state index in [-0.39, 0.29) is 11.9 Å². The molecule has 26 heavy (non-hydrogen) atoms. The molecule has 2 rings (SSSR count). The topological polar surface area (TPSA) is 48.4 Å². The molecule has 1 aliphatic rings. The van der Waals surface area contributed by atoms with E-state index in [4.69, 9.17) is 9.47 Å². The Morgan fingerprint density at radius 1 is 1.04 bits per heavy atom. The molecule has 1 aliphatic carbocycles. The minimum atomic E-state index is -0.101. The van der Waals surface area contributed by atoms with Crippen molar-refractivity contribution in [2.45, 2.75) is 84.5 Å². The fraction of sp³-hybridized carbons (Fsp3) is 0.727. The third kappa shape index (κ3) is 7.35. The average molecular weight is 362 g/mol. The number of aromatic nitrogens is 1. The summed E-state index contributed by atoms with van der Waals surface area (Å²) < 4.78 is 11.1. The third-order valence-corrected chi connectivity index (χ3v) is 5.32. The van der Waals surface area contributed by atoms with Gasteiger partial charge in [-0.1, -0.05) is 52.4 Å². The minimum absolute atomic E-state index is 0.0439. The van der Waals surface area contributed by atoms with E-state index in [1.165, 1.54) is 32.1 Å². The van der Waals surface area contributed by atoms with Gasteiger partial charge in [0.25, 0.3) is 0 Å². The van der Waals surface area contributed by atoms with E-state index in [1.54, 1.807) is 18.3 Å². The van der Waals surface area contributed by atoms with Crippen LogP contribution in [0.25, 0.3) is 0 Å². The van der Waals surface area contributed by atoms with Crippen molar-refractivity contribution in [3.63, 3.8) is 0 Å². The van der Waals surface area contributed by atoms with Gasteiger partial charge in [-0.2, -0.15) is 0 Å². The number of nitrogens with zero attached hydrogens (tertiary/aromatic N) is 1. The van der Waals surface area contributed by atoms with Crippen molar-refractivity contribution >= 4 is 5.97 Å². The minimum Gasteiger partial charge on any atom is -0.478 e. The van der Waals surface area contributed by atoms with Gasteiger partial charge < -0.3 is 9.47 Å². The van der Waals surface area contributed by atoms with E-state index < -0.39 is 0 Å². The number of rotatable bonds is 11. The van der Waals surface area contributed by atoms with Crippen LogP contribution in [0.3, 0.4) is 0 Å². The molecule has 1 aromatic rings. The summed E-state index contributed by atoms with van der Waals surface area (Å²) >= 11 is 0. The summed E-state index contributed by atoms with van der Waals surface area (Å²) in [5.74, 6) is 1.84. The summed E-state index contributed by atoms with van der Waals surface area (Å²) in [7, 11) is 0. The zero-order valence-corrected chi connectivity index (χ0v) is 16.5. The maximum atomic E-state index is 12.4. The lowest BCUT2D eigenvalue weighted by Gasteiger charge is -2.27. The van der Waals surface area contributed by atoms with Gasteiger partial charge in [-0.3, -0.25) is 4.79 Å². The van der Waals surface area contributed by atoms with Gasteiger partial charge in [-0.15, -0.1) is 0 Å². The van der Waals surface area contributed by atoms with Crippen LogP contribution in [-0.4, -0.2) is 17.6 Å². The quantitative estimate of drug-likeness (QED) is 0.361. The van der Waals surface area contributed by atoms with Crippen molar-refractivity contribution in [3.05, 3.63) is 18.3 Å². The molecule has 0 spiro atoms. The van der Waals surface area contributed by atoms with Gasteiger partial charge in [-0.05, 0) is 44.1 Å². The van der Waals surface area contributed by atoms with Gasteiger partial charge in [0.05, 0.1) is 18.7 Å². The second-order valence-electron chi connectivity index (χ2n) is 7.52. The smallest absolute Gasteiger partial charge is 0.314 e. The van der Waals surface area contributed by atoms with Crippen LogP contribution in [0.2, 0.25) is 0 Å². The number of hydrogen-bond donors (Lipinski definition) is 0. The van der Waals surface area contributed by atoms with E-state index in [9.17, 15) is 4.79 Å². The largest absolute Gasteiger partial charge is 0.478 e. The second-order valence-corrected chi connectivity index (χ2v) is 7.52. The van der Waals surface area contributed by atoms with E-state index in [0.29, 0.717) is 18.2 Å². The highest BCUT2D eigenvalue weighted by Gasteiger charge is 2.27. The Morgan fingerprint density at radius 2 is 1.81 bits per heavy atom. The molecule has 0 unspecified atom stereocenters. The van der Waals surface area contributed by atoms with Gasteiger partial charge in [0.2, 0.25) is 5.88 Å². The van der Waals surface area contributed by atoms with Crippen molar-refractivity contribution in [1.29, 1.82) is 0 Å². The Hall–Kier alpha value is -1.58. The van der Waals surface area contributed by atoms with Crippen molar-refractivity contribution in [3.8, 4) is 11.6 Å². The molecule has 0 radical (unpaired) electrons. The zero-order chi connectivity index (χ0) is 18.6. The molecule has 1 fully saturated rings. The molecule has 0 aromatic carbocycles. The molecule has 146 valence electrons. The van der Waals surface area contributed by atoms with Crippen molar-refractivity contribution < 1.29 is 14.3 Å². The van der Waals surface area contributed by atoms with Crippen molar-refractivity contribution in [1.82, 2.24) is 4.98 Å². The summed E-state index contributed by atoms with van der Waals surface area (Å²) in [6.45, 7) is 5.04. The first-order valence-corrected chi connectivity index (χ1v) is 10.5. The van der Waals surface area contributed by atoms with Gasteiger partial charge in [-0.25, -0.2) is 4.98 Å². The van der Waals surface area contributed by atoms with Crippen molar-refractivity contribution in [2.24, 2.45) is 11.8 Å². The SMILES string of the molecule is CCCCCCC1CCC(C(=O)Oc2ccc(OCCCC)nc2)CC1. The van der Waals surface area contributed by atoms with Gasteiger partial charge >= 0.3 is 5.97 Å². The van der Waals surface area contributed by atoms with Crippen LogP contribution >= 0.6 is 0 Å². The number of pyridine rings is 1. The van der Waals surface area contributed by atoms with Crippen LogP contribution in [0.5, 0.6) is 11.6 Å². The van der Waals surface area contributed by atoms with Crippen LogP contribution in [0.4, 0.5) is 0 Å². The third-order valence-electron chi connectivity index (χ3n) is 5.32. The first-order chi connectivity index (χ1) is 12.7. The highest BCUT2D eigenvalue weighted by atomic mass is 16.5. The second kappa shape index (κ2) is 11.9. The standard InChI is InChI=1S/C22H35NO3/c1-3-5-7-8-9-18-10-12-19(13-11-18)22(24)26-20-14-15-21(23-17-20)25-16-6-4-2/h14-15,17-19H,3-13,16H2,1-2H3. The highest BCUT2D eigenvalue weighted by Crippen LogP contribution is 2.33. The molecule has 1 heterocycles. The van der Waals surface area contributed by atoms with Crippen LogP contribution in [0.15, 0.2) is 18.3 Å². The number of esters is 1. The molecule has 0 bridgehead atoms. The molecule has 1 aromatic heterocycles. The summed E-state index contributed by atoms with van der Waals surface area (Å²) in [5, 5.41) is 0. The summed E-state index contributed by atoms with van der Waals surface area (Å²) in [5.41, 5.74) is 0. The Balaban J connectivity index is 1.68. The lowest BCUT2D eigenvalue weighted by atomic mass is 9.80. The van der Waals surface area contributed by atoms with E-state index in [2.05, 4.69) is 18.8 Å². The Morgan fingerprint density at radius 3 is 2.46 bits per heavy atom. The van der Waals surface area contributed by atoms with Crippen LogP contribution < -0.4 is 9.47 Å². The molecule has 0 aliphatic heterocycles. The molecule has 0 saturated heterocycles. The average Bonchev–Trinajstić information content (AvgIpc) is 2.67. The first kappa shape index (κ1) is 20.7.